The number of aromatic hydroxyl groups is 1. The van der Waals surface area contributed by atoms with Crippen LogP contribution < -0.4 is 16.4 Å². The van der Waals surface area contributed by atoms with Crippen LogP contribution in [0.2, 0.25) is 0 Å². The van der Waals surface area contributed by atoms with Crippen LogP contribution in [0.3, 0.4) is 0 Å². The minimum Gasteiger partial charge on any atom is -0.508 e. The number of amides is 4. The maximum Gasteiger partial charge on any atom is 0.408 e. The van der Waals surface area contributed by atoms with Crippen molar-refractivity contribution in [1.29, 1.82) is 0 Å². The number of alkyl carbamates (subject to hydrolysis) is 1. The monoisotopic (exact) mass is 520 g/mol. The Bertz CT molecular complexity index is 1020. The molecule has 1 aromatic rings. The molecule has 37 heavy (non-hydrogen) atoms. The summed E-state index contributed by atoms with van der Waals surface area (Å²) in [7, 11) is 1.17. The molecule has 0 bridgehead atoms. The van der Waals surface area contributed by atoms with Crippen molar-refractivity contribution < 1.29 is 38.6 Å². The van der Waals surface area contributed by atoms with Crippen LogP contribution in [-0.2, 0) is 28.7 Å². The summed E-state index contributed by atoms with van der Waals surface area (Å²) in [6.45, 7) is 6.41. The summed E-state index contributed by atoms with van der Waals surface area (Å²) < 4.78 is 9.87. The van der Waals surface area contributed by atoms with Gasteiger partial charge in [0.1, 0.15) is 30.0 Å². The van der Waals surface area contributed by atoms with Gasteiger partial charge < -0.3 is 35.8 Å². The first-order valence-electron chi connectivity index (χ1n) is 12.0. The average molecular weight is 521 g/mol. The number of hydrogen-bond acceptors (Lipinski definition) is 8. The predicted molar refractivity (Wildman–Crippen MR) is 132 cm³/mol. The summed E-state index contributed by atoms with van der Waals surface area (Å²) in [5.41, 5.74) is 4.57. The number of carbonyl (C=O) groups excluding carboxylic acids is 5. The molecule has 1 saturated carbocycles. The number of carbonyl (C=O) groups is 5. The fourth-order valence-electron chi connectivity index (χ4n) is 3.81. The predicted octanol–water partition coefficient (Wildman–Crippen LogP) is 1.12. The lowest BCUT2D eigenvalue weighted by Gasteiger charge is -2.35. The largest absolute Gasteiger partial charge is 0.508 e. The first-order chi connectivity index (χ1) is 17.2. The minimum absolute atomic E-state index is 0.0176. The second-order valence-electron chi connectivity index (χ2n) is 9.98. The van der Waals surface area contributed by atoms with Crippen molar-refractivity contribution >= 4 is 29.8 Å². The Balaban J connectivity index is 2.49. The van der Waals surface area contributed by atoms with Gasteiger partial charge in [-0.05, 0) is 45.6 Å². The summed E-state index contributed by atoms with van der Waals surface area (Å²) in [5.74, 6) is -2.99. The van der Waals surface area contributed by atoms with Gasteiger partial charge in [-0.15, -0.1) is 0 Å². The Labute approximate surface area is 215 Å². The van der Waals surface area contributed by atoms with E-state index in [0.29, 0.717) is 6.42 Å². The summed E-state index contributed by atoms with van der Waals surface area (Å²) >= 11 is 0. The third-order valence-corrected chi connectivity index (χ3v) is 5.74. The van der Waals surface area contributed by atoms with Gasteiger partial charge in [-0.2, -0.15) is 0 Å². The van der Waals surface area contributed by atoms with Gasteiger partial charge >= 0.3 is 12.1 Å². The van der Waals surface area contributed by atoms with Gasteiger partial charge in [-0.25, -0.2) is 4.79 Å². The number of ether oxygens (including phenoxy) is 2. The molecule has 0 heterocycles. The topological polar surface area (TPSA) is 177 Å². The Hall–Kier alpha value is -3.83. The van der Waals surface area contributed by atoms with Crippen molar-refractivity contribution in [2.24, 2.45) is 11.7 Å². The Kier molecular flexibility index (Phi) is 9.87. The molecule has 12 heteroatoms. The van der Waals surface area contributed by atoms with Gasteiger partial charge in [0, 0.05) is 18.0 Å². The highest BCUT2D eigenvalue weighted by molar-refractivity contribution is 5.94. The van der Waals surface area contributed by atoms with Crippen LogP contribution in [0.1, 0.15) is 58.6 Å². The highest BCUT2D eigenvalue weighted by Crippen LogP contribution is 2.42. The number of esters is 1. The molecule has 4 amide bonds. The van der Waals surface area contributed by atoms with Crippen LogP contribution in [-0.4, -0.2) is 71.1 Å². The highest BCUT2D eigenvalue weighted by Gasteiger charge is 2.48. The molecule has 1 aliphatic carbocycles. The van der Waals surface area contributed by atoms with Crippen LogP contribution in [0.4, 0.5) is 4.79 Å². The standard InChI is InChI=1S/C25H36N4O8/c1-14-12-17(14)29(23(34)16(10-11-19(26)31)28-24(35)37-25(2,3)4)21(15-8-6-7-9-18(15)30)22(33)27-13-20(32)36-5/h6-9,14,16-17,21,30H,10-13H2,1-5H3,(H2,26,31)(H,27,33)(H,28,35). The second kappa shape index (κ2) is 12.4. The van der Waals surface area contributed by atoms with Crippen molar-refractivity contribution in [1.82, 2.24) is 15.5 Å². The molecule has 204 valence electrons. The number of benzene rings is 1. The smallest absolute Gasteiger partial charge is 0.408 e. The number of phenolic OH excluding ortho intramolecular Hbond substituents is 1. The zero-order valence-corrected chi connectivity index (χ0v) is 21.8. The van der Waals surface area contributed by atoms with E-state index in [0.717, 1.165) is 0 Å². The van der Waals surface area contributed by atoms with Crippen molar-refractivity contribution in [3.63, 3.8) is 0 Å². The molecule has 1 aliphatic rings. The lowest BCUT2D eigenvalue weighted by atomic mass is 10.00. The first-order valence-corrected chi connectivity index (χ1v) is 12.0. The van der Waals surface area contributed by atoms with Gasteiger partial charge in [-0.3, -0.25) is 19.2 Å². The number of hydrogen-bond donors (Lipinski definition) is 4. The lowest BCUT2D eigenvalue weighted by molar-refractivity contribution is -0.145. The van der Waals surface area contributed by atoms with E-state index in [1.807, 2.05) is 6.92 Å². The fourth-order valence-corrected chi connectivity index (χ4v) is 3.81. The van der Waals surface area contributed by atoms with E-state index in [-0.39, 0.29) is 30.1 Å². The Morgan fingerprint density at radius 2 is 1.81 bits per heavy atom. The molecule has 1 fully saturated rings. The summed E-state index contributed by atoms with van der Waals surface area (Å²) in [6, 6.07) is 3.02. The molecule has 4 unspecified atom stereocenters. The number of phenols is 1. The van der Waals surface area contributed by atoms with E-state index in [4.69, 9.17) is 10.5 Å². The van der Waals surface area contributed by atoms with Gasteiger partial charge in [-0.1, -0.05) is 25.1 Å². The maximum absolute atomic E-state index is 14.0. The quantitative estimate of drug-likeness (QED) is 0.314. The molecule has 1 aromatic carbocycles. The number of para-hydroxylation sites is 1. The number of methoxy groups -OCH3 is 1. The number of nitrogens with two attached hydrogens (primary N) is 1. The molecule has 0 radical (unpaired) electrons. The number of primary amides is 1. The molecule has 4 atom stereocenters. The number of rotatable bonds is 11. The first kappa shape index (κ1) is 29.4. The summed E-state index contributed by atoms with van der Waals surface area (Å²) in [6.07, 6.45) is -0.665. The second-order valence-corrected chi connectivity index (χ2v) is 9.98. The van der Waals surface area contributed by atoms with Gasteiger partial charge in [0.15, 0.2) is 0 Å². The van der Waals surface area contributed by atoms with E-state index in [1.54, 1.807) is 32.9 Å². The van der Waals surface area contributed by atoms with E-state index < -0.39 is 60.1 Å². The van der Waals surface area contributed by atoms with E-state index in [9.17, 15) is 29.1 Å². The normalized spacial score (nSPS) is 18.1. The van der Waals surface area contributed by atoms with Crippen LogP contribution >= 0.6 is 0 Å². The highest BCUT2D eigenvalue weighted by atomic mass is 16.6. The molecule has 5 N–H and O–H groups in total. The van der Waals surface area contributed by atoms with Crippen LogP contribution in [0.5, 0.6) is 5.75 Å². The van der Waals surface area contributed by atoms with Crippen LogP contribution in [0, 0.1) is 5.92 Å². The lowest BCUT2D eigenvalue weighted by Crippen LogP contribution is -2.54. The number of nitrogens with zero attached hydrogens (tertiary/aromatic N) is 1. The molecule has 0 aromatic heterocycles. The summed E-state index contributed by atoms with van der Waals surface area (Å²) in [4.78, 5) is 64.3. The van der Waals surface area contributed by atoms with Crippen LogP contribution in [0.25, 0.3) is 0 Å². The van der Waals surface area contributed by atoms with Gasteiger partial charge in [0.05, 0.1) is 7.11 Å². The zero-order valence-electron chi connectivity index (χ0n) is 21.8. The Morgan fingerprint density at radius 1 is 1.19 bits per heavy atom. The SMILES string of the molecule is COC(=O)CNC(=O)C(c1ccccc1O)N(C(=O)C(CCC(N)=O)NC(=O)OC(C)(C)C)C1CC1C. The van der Waals surface area contributed by atoms with E-state index in [1.165, 1.54) is 24.1 Å². The van der Waals surface area contributed by atoms with E-state index in [2.05, 4.69) is 15.4 Å². The molecule has 0 spiro atoms. The molecule has 2 rings (SSSR count). The van der Waals surface area contributed by atoms with Gasteiger partial charge in [0.25, 0.3) is 0 Å². The minimum atomic E-state index is -1.34. The van der Waals surface area contributed by atoms with E-state index >= 15 is 0 Å². The molecule has 0 aliphatic heterocycles. The van der Waals surface area contributed by atoms with Crippen LogP contribution in [0.15, 0.2) is 24.3 Å². The van der Waals surface area contributed by atoms with Crippen molar-refractivity contribution in [2.45, 2.75) is 70.7 Å². The average Bonchev–Trinajstić information content (AvgIpc) is 3.52. The van der Waals surface area contributed by atoms with Crippen molar-refractivity contribution in [3.8, 4) is 5.75 Å². The molecule has 0 saturated heterocycles. The third-order valence-electron chi connectivity index (χ3n) is 5.74. The Morgan fingerprint density at radius 3 is 2.32 bits per heavy atom. The molecule has 12 nitrogen and oxygen atoms in total. The summed E-state index contributed by atoms with van der Waals surface area (Å²) in [5, 5.41) is 15.5. The third kappa shape index (κ3) is 8.65. The molecular formula is C25H36N4O8. The maximum atomic E-state index is 14.0. The van der Waals surface area contributed by atoms with Crippen molar-refractivity contribution in [2.75, 3.05) is 13.7 Å². The molecular weight excluding hydrogens is 484 g/mol. The number of nitrogens with one attached hydrogen (secondary N) is 2. The van der Waals surface area contributed by atoms with Crippen molar-refractivity contribution in [3.05, 3.63) is 29.8 Å². The zero-order chi connectivity index (χ0) is 27.9. The van der Waals surface area contributed by atoms with Gasteiger partial charge in [0.2, 0.25) is 17.7 Å². The fraction of sp³-hybridized carbons (Fsp3) is 0.560.